The number of anilines is 1. The lowest BCUT2D eigenvalue weighted by Gasteiger charge is -2.35. The molecule has 2 heterocycles. The highest BCUT2D eigenvalue weighted by molar-refractivity contribution is 6.31. The van der Waals surface area contributed by atoms with Crippen LogP contribution in [0.3, 0.4) is 0 Å². The van der Waals surface area contributed by atoms with Gasteiger partial charge in [-0.15, -0.1) is 0 Å². The molecule has 5 nitrogen and oxygen atoms in total. The van der Waals surface area contributed by atoms with E-state index in [-0.39, 0.29) is 17.9 Å². The second kappa shape index (κ2) is 9.58. The van der Waals surface area contributed by atoms with E-state index >= 15 is 0 Å². The Hall–Kier alpha value is -2.11. The number of rotatable bonds is 5. The number of halogens is 1. The van der Waals surface area contributed by atoms with Crippen LogP contribution in [-0.2, 0) is 11.2 Å². The van der Waals surface area contributed by atoms with Gasteiger partial charge in [0, 0.05) is 36.9 Å². The summed E-state index contributed by atoms with van der Waals surface area (Å²) in [7, 11) is 2.11. The molecule has 0 bridgehead atoms. The van der Waals surface area contributed by atoms with Gasteiger partial charge in [0.2, 0.25) is 5.91 Å². The van der Waals surface area contributed by atoms with Crippen molar-refractivity contribution in [2.24, 2.45) is 16.9 Å². The fraction of sp³-hybridized carbons (Fsp3) is 0.520. The van der Waals surface area contributed by atoms with Gasteiger partial charge in [-0.25, -0.2) is 0 Å². The fourth-order valence-electron chi connectivity index (χ4n) is 4.77. The number of hydrazone groups is 1. The zero-order valence-corrected chi connectivity index (χ0v) is 19.6. The van der Waals surface area contributed by atoms with Crippen molar-refractivity contribution in [3.05, 3.63) is 53.1 Å². The van der Waals surface area contributed by atoms with Crippen LogP contribution in [0.15, 0.2) is 52.6 Å². The molecule has 0 radical (unpaired) electrons. The Morgan fingerprint density at radius 1 is 1.23 bits per heavy atom. The number of aryl methyl sites for hydroxylation is 1. The van der Waals surface area contributed by atoms with Crippen LogP contribution in [0.2, 0.25) is 0 Å². The maximum absolute atomic E-state index is 13.3. The SMILES string of the molecule is CC1=NN(c2cccc(CCC3C=CC(Cl)=CC3)c2)C(C)C1C(=O)N1CCN(C)CC1. The summed E-state index contributed by atoms with van der Waals surface area (Å²) in [5.41, 5.74) is 3.29. The van der Waals surface area contributed by atoms with Crippen molar-refractivity contribution in [2.45, 2.75) is 39.2 Å². The summed E-state index contributed by atoms with van der Waals surface area (Å²) >= 11 is 6.04. The molecule has 6 heteroatoms. The lowest BCUT2D eigenvalue weighted by atomic mass is 9.93. The van der Waals surface area contributed by atoms with Gasteiger partial charge in [-0.2, -0.15) is 5.10 Å². The molecule has 3 aliphatic rings. The molecule has 1 aliphatic carbocycles. The van der Waals surface area contributed by atoms with Crippen molar-refractivity contribution < 1.29 is 4.79 Å². The molecular weight excluding hydrogens is 408 g/mol. The largest absolute Gasteiger partial charge is 0.339 e. The highest BCUT2D eigenvalue weighted by atomic mass is 35.5. The van der Waals surface area contributed by atoms with Gasteiger partial charge < -0.3 is 9.80 Å². The Balaban J connectivity index is 1.41. The van der Waals surface area contributed by atoms with E-state index in [0.717, 1.165) is 61.9 Å². The van der Waals surface area contributed by atoms with E-state index in [4.69, 9.17) is 16.7 Å². The summed E-state index contributed by atoms with van der Waals surface area (Å²) in [6.07, 6.45) is 9.46. The van der Waals surface area contributed by atoms with Crippen LogP contribution < -0.4 is 5.01 Å². The van der Waals surface area contributed by atoms with E-state index in [2.05, 4.69) is 55.3 Å². The van der Waals surface area contributed by atoms with Crippen LogP contribution in [0.5, 0.6) is 0 Å². The fourth-order valence-corrected chi connectivity index (χ4v) is 4.94. The van der Waals surface area contributed by atoms with E-state index in [0.29, 0.717) is 5.92 Å². The molecule has 1 aromatic rings. The molecule has 1 aromatic carbocycles. The molecule has 3 unspecified atom stereocenters. The number of benzene rings is 1. The van der Waals surface area contributed by atoms with Crippen LogP contribution in [-0.4, -0.2) is 60.7 Å². The minimum absolute atomic E-state index is 0.0240. The molecule has 3 atom stereocenters. The van der Waals surface area contributed by atoms with Gasteiger partial charge in [0.1, 0.15) is 5.92 Å². The van der Waals surface area contributed by atoms with E-state index < -0.39 is 0 Å². The minimum Gasteiger partial charge on any atom is -0.339 e. The molecule has 166 valence electrons. The van der Waals surface area contributed by atoms with Gasteiger partial charge in [-0.05, 0) is 69.8 Å². The molecule has 2 aliphatic heterocycles. The van der Waals surface area contributed by atoms with Gasteiger partial charge in [0.05, 0.1) is 11.7 Å². The van der Waals surface area contributed by atoms with Crippen molar-refractivity contribution in [1.82, 2.24) is 9.80 Å². The molecule has 0 aromatic heterocycles. The molecular formula is C25H33ClN4O. The number of piperazine rings is 1. The van der Waals surface area contributed by atoms with Crippen LogP contribution >= 0.6 is 11.6 Å². The number of carbonyl (C=O) groups is 1. The van der Waals surface area contributed by atoms with E-state index in [1.807, 2.05) is 22.9 Å². The van der Waals surface area contributed by atoms with Crippen molar-refractivity contribution >= 4 is 28.9 Å². The normalized spacial score (nSPS) is 26.8. The first-order valence-electron chi connectivity index (χ1n) is 11.4. The Morgan fingerprint density at radius 3 is 2.71 bits per heavy atom. The van der Waals surface area contributed by atoms with Gasteiger partial charge in [-0.3, -0.25) is 9.80 Å². The third kappa shape index (κ3) is 5.04. The van der Waals surface area contributed by atoms with E-state index in [1.165, 1.54) is 5.56 Å². The lowest BCUT2D eigenvalue weighted by Crippen LogP contribution is -2.51. The second-order valence-electron chi connectivity index (χ2n) is 9.09. The highest BCUT2D eigenvalue weighted by Gasteiger charge is 2.40. The summed E-state index contributed by atoms with van der Waals surface area (Å²) in [5.74, 6) is 0.593. The van der Waals surface area contributed by atoms with Gasteiger partial charge in [-0.1, -0.05) is 35.9 Å². The Morgan fingerprint density at radius 2 is 2.00 bits per heavy atom. The Labute approximate surface area is 191 Å². The third-order valence-electron chi connectivity index (χ3n) is 6.79. The molecule has 1 saturated heterocycles. The zero-order chi connectivity index (χ0) is 22.0. The van der Waals surface area contributed by atoms with E-state index in [9.17, 15) is 4.79 Å². The van der Waals surface area contributed by atoms with Crippen molar-refractivity contribution in [3.63, 3.8) is 0 Å². The average Bonchev–Trinajstić information content (AvgIpc) is 3.07. The second-order valence-corrected chi connectivity index (χ2v) is 9.52. The quantitative estimate of drug-likeness (QED) is 0.685. The lowest BCUT2D eigenvalue weighted by molar-refractivity contribution is -0.135. The molecule has 1 amide bonds. The van der Waals surface area contributed by atoms with Gasteiger partial charge in [0.25, 0.3) is 0 Å². The van der Waals surface area contributed by atoms with Crippen LogP contribution in [0.4, 0.5) is 5.69 Å². The predicted octanol–water partition coefficient (Wildman–Crippen LogP) is 4.29. The number of likely N-dealkylation sites (N-methyl/N-ethyl adjacent to an activating group) is 1. The summed E-state index contributed by atoms with van der Waals surface area (Å²) in [6, 6.07) is 8.64. The summed E-state index contributed by atoms with van der Waals surface area (Å²) in [6.45, 7) is 7.59. The number of allylic oxidation sites excluding steroid dienone is 4. The molecule has 1 fully saturated rings. The first-order chi connectivity index (χ1) is 14.9. The number of nitrogens with zero attached hydrogens (tertiary/aromatic N) is 4. The Bertz CT molecular complexity index is 901. The molecule has 0 N–H and O–H groups in total. The monoisotopic (exact) mass is 440 g/mol. The van der Waals surface area contributed by atoms with Gasteiger partial charge in [0.15, 0.2) is 0 Å². The average molecular weight is 441 g/mol. The predicted molar refractivity (Wildman–Crippen MR) is 129 cm³/mol. The third-order valence-corrected chi connectivity index (χ3v) is 7.07. The summed E-state index contributed by atoms with van der Waals surface area (Å²) < 4.78 is 0. The van der Waals surface area contributed by atoms with Crippen molar-refractivity contribution in [3.8, 4) is 0 Å². The zero-order valence-electron chi connectivity index (χ0n) is 18.8. The number of amides is 1. The first kappa shape index (κ1) is 22.1. The van der Waals surface area contributed by atoms with Crippen molar-refractivity contribution in [2.75, 3.05) is 38.2 Å². The Kier molecular flexibility index (Phi) is 6.83. The molecule has 4 rings (SSSR count). The maximum atomic E-state index is 13.3. The summed E-state index contributed by atoms with van der Waals surface area (Å²) in [5, 5.41) is 7.69. The number of hydrogen-bond donors (Lipinski definition) is 0. The molecule has 0 spiro atoms. The topological polar surface area (TPSA) is 39.2 Å². The number of carbonyl (C=O) groups excluding carboxylic acids is 1. The van der Waals surface area contributed by atoms with Crippen LogP contribution in [0.1, 0.15) is 32.3 Å². The van der Waals surface area contributed by atoms with Gasteiger partial charge >= 0.3 is 0 Å². The van der Waals surface area contributed by atoms with E-state index in [1.54, 1.807) is 0 Å². The molecule has 31 heavy (non-hydrogen) atoms. The maximum Gasteiger partial charge on any atom is 0.233 e. The van der Waals surface area contributed by atoms with Crippen molar-refractivity contribution in [1.29, 1.82) is 0 Å². The molecule has 0 saturated carbocycles. The van der Waals surface area contributed by atoms with Crippen LogP contribution in [0.25, 0.3) is 0 Å². The summed E-state index contributed by atoms with van der Waals surface area (Å²) in [4.78, 5) is 17.5. The number of hydrogen-bond acceptors (Lipinski definition) is 4. The van der Waals surface area contributed by atoms with Crippen LogP contribution in [0, 0.1) is 11.8 Å². The first-order valence-corrected chi connectivity index (χ1v) is 11.7. The standard InChI is InChI=1S/C25H33ClN4O/c1-18-24(25(31)29-15-13-28(3)14-16-29)19(2)30(27-18)23-6-4-5-21(17-23)8-7-20-9-11-22(26)12-10-20/h4-6,9,11-12,17,19-20,24H,7-8,10,13-16H2,1-3H3. The smallest absolute Gasteiger partial charge is 0.233 e. The highest BCUT2D eigenvalue weighted by Crippen LogP contribution is 2.31. The minimum atomic E-state index is -0.170.